The summed E-state index contributed by atoms with van der Waals surface area (Å²) in [6.07, 6.45) is 1.37. The third-order valence-corrected chi connectivity index (χ3v) is 3.61. The first-order chi connectivity index (χ1) is 12.6. The fourth-order valence-electron chi connectivity index (χ4n) is 2.42. The summed E-state index contributed by atoms with van der Waals surface area (Å²) in [6.45, 7) is 4.54. The lowest BCUT2D eigenvalue weighted by molar-refractivity contribution is 0.102. The molecule has 0 fully saturated rings. The molecule has 0 aliphatic carbocycles. The van der Waals surface area contributed by atoms with E-state index in [4.69, 9.17) is 4.74 Å². The molecule has 0 aliphatic heterocycles. The summed E-state index contributed by atoms with van der Waals surface area (Å²) >= 11 is 0. The van der Waals surface area contributed by atoms with Gasteiger partial charge in [0.15, 0.2) is 0 Å². The third-order valence-electron chi connectivity index (χ3n) is 3.61. The number of aromatic nitrogens is 2. The van der Waals surface area contributed by atoms with E-state index in [0.29, 0.717) is 18.1 Å². The van der Waals surface area contributed by atoms with E-state index in [-0.39, 0.29) is 11.6 Å². The Kier molecular flexibility index (Phi) is 5.43. The lowest BCUT2D eigenvalue weighted by Gasteiger charge is -2.09. The van der Waals surface area contributed by atoms with E-state index >= 15 is 0 Å². The number of rotatable bonds is 6. The SMILES string of the molecule is CCOc1ccc(NC(=O)c2cc(Nc3cccc(C)c3)ncn2)cc1. The Morgan fingerprint density at radius 1 is 1.04 bits per heavy atom. The van der Waals surface area contributed by atoms with Crippen molar-refractivity contribution in [1.82, 2.24) is 9.97 Å². The second kappa shape index (κ2) is 8.11. The van der Waals surface area contributed by atoms with E-state index in [1.54, 1.807) is 18.2 Å². The highest BCUT2D eigenvalue weighted by Crippen LogP contribution is 2.18. The first-order valence-corrected chi connectivity index (χ1v) is 8.34. The van der Waals surface area contributed by atoms with Gasteiger partial charge in [-0.3, -0.25) is 4.79 Å². The van der Waals surface area contributed by atoms with Crippen molar-refractivity contribution in [2.45, 2.75) is 13.8 Å². The lowest BCUT2D eigenvalue weighted by Crippen LogP contribution is -2.14. The van der Waals surface area contributed by atoms with Crippen molar-refractivity contribution in [1.29, 1.82) is 0 Å². The van der Waals surface area contributed by atoms with Gasteiger partial charge >= 0.3 is 0 Å². The number of nitrogens with one attached hydrogen (secondary N) is 2. The minimum Gasteiger partial charge on any atom is -0.494 e. The van der Waals surface area contributed by atoms with Crippen molar-refractivity contribution in [2.75, 3.05) is 17.2 Å². The van der Waals surface area contributed by atoms with Crippen LogP contribution in [0.3, 0.4) is 0 Å². The Bertz CT molecular complexity index is 894. The van der Waals surface area contributed by atoms with Crippen molar-refractivity contribution in [3.63, 3.8) is 0 Å². The van der Waals surface area contributed by atoms with Gasteiger partial charge in [0.2, 0.25) is 0 Å². The number of carbonyl (C=O) groups is 1. The standard InChI is InChI=1S/C20H20N4O2/c1-3-26-17-9-7-15(8-10-17)24-20(25)18-12-19(22-13-21-18)23-16-6-4-5-14(2)11-16/h4-13H,3H2,1-2H3,(H,24,25)(H,21,22,23). The molecule has 0 spiro atoms. The van der Waals surface area contributed by atoms with Gasteiger partial charge in [0.25, 0.3) is 5.91 Å². The highest BCUT2D eigenvalue weighted by Gasteiger charge is 2.09. The smallest absolute Gasteiger partial charge is 0.274 e. The Morgan fingerprint density at radius 2 is 1.85 bits per heavy atom. The number of aryl methyl sites for hydroxylation is 1. The number of anilines is 3. The highest BCUT2D eigenvalue weighted by molar-refractivity contribution is 6.03. The number of carbonyl (C=O) groups excluding carboxylic acids is 1. The normalized spacial score (nSPS) is 10.2. The molecule has 0 bridgehead atoms. The summed E-state index contributed by atoms with van der Waals surface area (Å²) in [5.41, 5.74) is 2.99. The van der Waals surface area contributed by atoms with Gasteiger partial charge in [-0.25, -0.2) is 9.97 Å². The molecular weight excluding hydrogens is 328 g/mol. The van der Waals surface area contributed by atoms with Crippen LogP contribution in [0, 0.1) is 6.92 Å². The van der Waals surface area contributed by atoms with Gasteiger partial charge in [-0.1, -0.05) is 12.1 Å². The summed E-state index contributed by atoms with van der Waals surface area (Å²) in [7, 11) is 0. The summed E-state index contributed by atoms with van der Waals surface area (Å²) in [5.74, 6) is 1.02. The molecule has 1 amide bonds. The number of hydrogen-bond acceptors (Lipinski definition) is 5. The van der Waals surface area contributed by atoms with Crippen molar-refractivity contribution in [3.8, 4) is 5.75 Å². The molecule has 2 N–H and O–H groups in total. The summed E-state index contributed by atoms with van der Waals surface area (Å²) < 4.78 is 5.39. The van der Waals surface area contributed by atoms with Gasteiger partial charge in [-0.05, 0) is 55.8 Å². The Labute approximate surface area is 152 Å². The lowest BCUT2D eigenvalue weighted by atomic mass is 10.2. The van der Waals surface area contributed by atoms with Crippen molar-refractivity contribution in [3.05, 3.63) is 72.2 Å². The molecule has 0 atom stereocenters. The van der Waals surface area contributed by atoms with Crippen LogP contribution in [-0.4, -0.2) is 22.5 Å². The minimum atomic E-state index is -0.302. The number of benzene rings is 2. The van der Waals surface area contributed by atoms with E-state index in [2.05, 4.69) is 20.6 Å². The molecule has 2 aromatic carbocycles. The van der Waals surface area contributed by atoms with Gasteiger partial charge in [0, 0.05) is 17.4 Å². The fraction of sp³-hybridized carbons (Fsp3) is 0.150. The predicted octanol–water partition coefficient (Wildman–Crippen LogP) is 4.18. The van der Waals surface area contributed by atoms with Crippen molar-refractivity contribution in [2.24, 2.45) is 0 Å². The largest absolute Gasteiger partial charge is 0.494 e. The topological polar surface area (TPSA) is 76.1 Å². The first kappa shape index (κ1) is 17.4. The number of nitrogens with zero attached hydrogens (tertiary/aromatic N) is 2. The molecule has 1 aromatic heterocycles. The van der Waals surface area contributed by atoms with Gasteiger partial charge in [0.05, 0.1) is 6.61 Å². The number of hydrogen-bond donors (Lipinski definition) is 2. The first-order valence-electron chi connectivity index (χ1n) is 8.34. The molecule has 26 heavy (non-hydrogen) atoms. The van der Waals surface area contributed by atoms with Gasteiger partial charge < -0.3 is 15.4 Å². The molecule has 0 aliphatic rings. The second-order valence-corrected chi connectivity index (χ2v) is 5.69. The van der Waals surface area contributed by atoms with E-state index in [1.807, 2.05) is 50.2 Å². The van der Waals surface area contributed by atoms with Crippen LogP contribution >= 0.6 is 0 Å². The summed E-state index contributed by atoms with van der Waals surface area (Å²) in [5, 5.41) is 5.99. The maximum atomic E-state index is 12.4. The third kappa shape index (κ3) is 4.57. The molecule has 132 valence electrons. The maximum absolute atomic E-state index is 12.4. The monoisotopic (exact) mass is 348 g/mol. The zero-order valence-corrected chi connectivity index (χ0v) is 14.7. The second-order valence-electron chi connectivity index (χ2n) is 5.69. The van der Waals surface area contributed by atoms with Gasteiger partial charge in [-0.15, -0.1) is 0 Å². The van der Waals surface area contributed by atoms with Gasteiger partial charge in [-0.2, -0.15) is 0 Å². The summed E-state index contributed by atoms with van der Waals surface area (Å²) in [4.78, 5) is 20.6. The average molecular weight is 348 g/mol. The van der Waals surface area contributed by atoms with Crippen LogP contribution in [-0.2, 0) is 0 Å². The number of ether oxygens (including phenoxy) is 1. The van der Waals surface area contributed by atoms with Crippen LogP contribution in [0.4, 0.5) is 17.2 Å². The van der Waals surface area contributed by atoms with E-state index in [9.17, 15) is 4.79 Å². The molecule has 3 aromatic rings. The fourth-order valence-corrected chi connectivity index (χ4v) is 2.42. The zero-order valence-electron chi connectivity index (χ0n) is 14.7. The van der Waals surface area contributed by atoms with E-state index in [1.165, 1.54) is 6.33 Å². The van der Waals surface area contributed by atoms with Crippen molar-refractivity contribution >= 4 is 23.1 Å². The highest BCUT2D eigenvalue weighted by atomic mass is 16.5. The average Bonchev–Trinajstić information content (AvgIpc) is 2.64. The van der Waals surface area contributed by atoms with Gasteiger partial charge in [0.1, 0.15) is 23.6 Å². The molecular formula is C20H20N4O2. The Morgan fingerprint density at radius 3 is 2.58 bits per heavy atom. The van der Waals surface area contributed by atoms with Crippen LogP contribution in [0.25, 0.3) is 0 Å². The van der Waals surface area contributed by atoms with Crippen LogP contribution in [0.2, 0.25) is 0 Å². The molecule has 1 heterocycles. The van der Waals surface area contributed by atoms with Crippen LogP contribution in [0.5, 0.6) is 5.75 Å². The van der Waals surface area contributed by atoms with E-state index in [0.717, 1.165) is 17.0 Å². The van der Waals surface area contributed by atoms with Crippen LogP contribution in [0.1, 0.15) is 23.0 Å². The van der Waals surface area contributed by atoms with Crippen molar-refractivity contribution < 1.29 is 9.53 Å². The van der Waals surface area contributed by atoms with E-state index < -0.39 is 0 Å². The zero-order chi connectivity index (χ0) is 18.4. The summed E-state index contributed by atoms with van der Waals surface area (Å²) in [6, 6.07) is 16.7. The maximum Gasteiger partial charge on any atom is 0.274 e. The Balaban J connectivity index is 1.69. The quantitative estimate of drug-likeness (QED) is 0.699. The molecule has 0 saturated heterocycles. The molecule has 3 rings (SSSR count). The predicted molar refractivity (Wildman–Crippen MR) is 102 cm³/mol. The molecule has 0 unspecified atom stereocenters. The Hall–Kier alpha value is -3.41. The van der Waals surface area contributed by atoms with Crippen LogP contribution < -0.4 is 15.4 Å². The molecule has 0 saturated carbocycles. The molecule has 6 heteroatoms. The van der Waals surface area contributed by atoms with Crippen LogP contribution in [0.15, 0.2) is 60.9 Å². The number of amides is 1. The molecule has 6 nitrogen and oxygen atoms in total. The minimum absolute atomic E-state index is 0.282. The molecule has 0 radical (unpaired) electrons.